The quantitative estimate of drug-likeness (QED) is 0.483. The Labute approximate surface area is 194 Å². The minimum Gasteiger partial charge on any atom is -0.497 e. The number of para-hydroxylation sites is 2. The standard InChI is InChI=1S/C28H28N2O3/c1-20-19-27(25-11-7-8-12-26(25)29(20)21(2)31)30(23-9-5-4-6-10-23)28(32)18-15-22-13-16-24(33-3)17-14-22/h4-18,20,27H,19H2,1-3H3/b18-15+/t20-,27+/m1/s1. The van der Waals surface area contributed by atoms with Crippen molar-refractivity contribution in [3.05, 3.63) is 96.1 Å². The number of benzene rings is 3. The third-order valence-electron chi connectivity index (χ3n) is 6.02. The van der Waals surface area contributed by atoms with Gasteiger partial charge in [-0.1, -0.05) is 48.5 Å². The highest BCUT2D eigenvalue weighted by atomic mass is 16.5. The Morgan fingerprint density at radius 3 is 2.30 bits per heavy atom. The molecule has 0 saturated heterocycles. The van der Waals surface area contributed by atoms with Gasteiger partial charge in [0.1, 0.15) is 5.75 Å². The van der Waals surface area contributed by atoms with Crippen LogP contribution in [0.25, 0.3) is 6.08 Å². The summed E-state index contributed by atoms with van der Waals surface area (Å²) >= 11 is 0. The molecule has 5 nitrogen and oxygen atoms in total. The van der Waals surface area contributed by atoms with Crippen molar-refractivity contribution in [3.63, 3.8) is 0 Å². The van der Waals surface area contributed by atoms with E-state index in [4.69, 9.17) is 4.74 Å². The van der Waals surface area contributed by atoms with Crippen LogP contribution >= 0.6 is 0 Å². The first kappa shape index (κ1) is 22.3. The van der Waals surface area contributed by atoms with Crippen molar-refractivity contribution in [3.8, 4) is 5.75 Å². The number of rotatable bonds is 5. The van der Waals surface area contributed by atoms with E-state index in [1.165, 1.54) is 0 Å². The van der Waals surface area contributed by atoms with Crippen LogP contribution in [-0.2, 0) is 9.59 Å². The van der Waals surface area contributed by atoms with Crippen LogP contribution in [-0.4, -0.2) is 25.0 Å². The molecule has 3 aromatic rings. The Bertz CT molecular complexity index is 1160. The normalized spacial score (nSPS) is 17.5. The molecular weight excluding hydrogens is 412 g/mol. The van der Waals surface area contributed by atoms with Crippen molar-refractivity contribution in [2.75, 3.05) is 16.9 Å². The van der Waals surface area contributed by atoms with E-state index in [1.54, 1.807) is 20.1 Å². The lowest BCUT2D eigenvalue weighted by Crippen LogP contribution is -2.46. The van der Waals surface area contributed by atoms with E-state index < -0.39 is 0 Å². The summed E-state index contributed by atoms with van der Waals surface area (Å²) in [7, 11) is 1.63. The average Bonchev–Trinajstić information content (AvgIpc) is 2.83. The molecule has 1 aliphatic heterocycles. The van der Waals surface area contributed by atoms with Gasteiger partial charge >= 0.3 is 0 Å². The summed E-state index contributed by atoms with van der Waals surface area (Å²) in [6.45, 7) is 3.62. The predicted octanol–water partition coefficient (Wildman–Crippen LogP) is 5.63. The minimum atomic E-state index is -0.192. The van der Waals surface area contributed by atoms with Crippen LogP contribution in [0.2, 0.25) is 0 Å². The van der Waals surface area contributed by atoms with E-state index in [0.717, 1.165) is 28.3 Å². The number of carbonyl (C=O) groups excluding carboxylic acids is 2. The number of methoxy groups -OCH3 is 1. The molecule has 33 heavy (non-hydrogen) atoms. The van der Waals surface area contributed by atoms with Crippen LogP contribution in [0, 0.1) is 0 Å². The van der Waals surface area contributed by atoms with Crippen molar-refractivity contribution in [2.45, 2.75) is 32.4 Å². The monoisotopic (exact) mass is 440 g/mol. The van der Waals surface area contributed by atoms with E-state index in [0.29, 0.717) is 6.42 Å². The molecule has 0 N–H and O–H groups in total. The van der Waals surface area contributed by atoms with Crippen LogP contribution < -0.4 is 14.5 Å². The lowest BCUT2D eigenvalue weighted by Gasteiger charge is -2.43. The molecule has 0 fully saturated rings. The minimum absolute atomic E-state index is 0.00499. The summed E-state index contributed by atoms with van der Waals surface area (Å²) in [6.07, 6.45) is 4.07. The highest BCUT2D eigenvalue weighted by Crippen LogP contribution is 2.42. The van der Waals surface area contributed by atoms with Gasteiger partial charge in [0, 0.05) is 30.4 Å². The van der Waals surface area contributed by atoms with Gasteiger partial charge in [-0.15, -0.1) is 0 Å². The Kier molecular flexibility index (Phi) is 6.59. The maximum absolute atomic E-state index is 13.6. The third-order valence-corrected chi connectivity index (χ3v) is 6.02. The zero-order chi connectivity index (χ0) is 23.4. The average molecular weight is 441 g/mol. The third kappa shape index (κ3) is 4.67. The fraction of sp³-hybridized carbons (Fsp3) is 0.214. The van der Waals surface area contributed by atoms with E-state index in [1.807, 2.05) is 102 Å². The number of carbonyl (C=O) groups is 2. The lowest BCUT2D eigenvalue weighted by molar-refractivity contribution is -0.117. The van der Waals surface area contributed by atoms with Gasteiger partial charge in [0.25, 0.3) is 5.91 Å². The van der Waals surface area contributed by atoms with E-state index >= 15 is 0 Å². The van der Waals surface area contributed by atoms with Crippen LogP contribution in [0.3, 0.4) is 0 Å². The topological polar surface area (TPSA) is 49.9 Å². The molecule has 0 aliphatic carbocycles. The first-order chi connectivity index (χ1) is 16.0. The van der Waals surface area contributed by atoms with Crippen molar-refractivity contribution < 1.29 is 14.3 Å². The highest BCUT2D eigenvalue weighted by molar-refractivity contribution is 6.05. The Hall–Kier alpha value is -3.86. The van der Waals surface area contributed by atoms with Gasteiger partial charge in [-0.2, -0.15) is 0 Å². The summed E-state index contributed by atoms with van der Waals surface area (Å²) in [5, 5.41) is 0. The molecule has 0 bridgehead atoms. The van der Waals surface area contributed by atoms with E-state index in [9.17, 15) is 9.59 Å². The fourth-order valence-corrected chi connectivity index (χ4v) is 4.52. The van der Waals surface area contributed by atoms with Gasteiger partial charge in [0.2, 0.25) is 5.91 Å². The van der Waals surface area contributed by atoms with Gasteiger partial charge in [-0.25, -0.2) is 0 Å². The number of nitrogens with zero attached hydrogens (tertiary/aromatic N) is 2. The second-order valence-corrected chi connectivity index (χ2v) is 8.20. The molecule has 3 aromatic carbocycles. The molecule has 0 aromatic heterocycles. The number of fused-ring (bicyclic) bond motifs is 1. The molecule has 1 heterocycles. The van der Waals surface area contributed by atoms with Gasteiger partial charge in [0.05, 0.1) is 13.2 Å². The zero-order valence-corrected chi connectivity index (χ0v) is 19.1. The van der Waals surface area contributed by atoms with Gasteiger partial charge in [-0.05, 0) is 60.9 Å². The molecule has 1 aliphatic rings. The molecule has 168 valence electrons. The van der Waals surface area contributed by atoms with Crippen molar-refractivity contribution in [1.29, 1.82) is 0 Å². The smallest absolute Gasteiger partial charge is 0.251 e. The Morgan fingerprint density at radius 1 is 0.970 bits per heavy atom. The number of ether oxygens (including phenoxy) is 1. The number of anilines is 2. The maximum Gasteiger partial charge on any atom is 0.251 e. The molecular formula is C28H28N2O3. The number of hydrogen-bond donors (Lipinski definition) is 0. The van der Waals surface area contributed by atoms with Crippen LogP contribution in [0.1, 0.15) is 37.4 Å². The lowest BCUT2D eigenvalue weighted by atomic mass is 9.90. The molecule has 2 atom stereocenters. The largest absolute Gasteiger partial charge is 0.497 e. The molecule has 0 radical (unpaired) electrons. The first-order valence-corrected chi connectivity index (χ1v) is 11.1. The van der Waals surface area contributed by atoms with Crippen molar-refractivity contribution in [1.82, 2.24) is 0 Å². The van der Waals surface area contributed by atoms with Gasteiger partial charge in [-0.3, -0.25) is 9.59 Å². The molecule has 2 amide bonds. The van der Waals surface area contributed by atoms with Crippen molar-refractivity contribution in [2.24, 2.45) is 0 Å². The SMILES string of the molecule is COc1ccc(/C=C/C(=O)N(c2ccccc2)[C@H]2C[C@@H](C)N(C(C)=O)c3ccccc32)cc1. The Balaban J connectivity index is 1.73. The zero-order valence-electron chi connectivity index (χ0n) is 19.1. The van der Waals surface area contributed by atoms with Crippen LogP contribution in [0.5, 0.6) is 5.75 Å². The second-order valence-electron chi connectivity index (χ2n) is 8.20. The first-order valence-electron chi connectivity index (χ1n) is 11.1. The predicted molar refractivity (Wildman–Crippen MR) is 132 cm³/mol. The summed E-state index contributed by atoms with van der Waals surface area (Å²) in [5.41, 5.74) is 3.57. The fourth-order valence-electron chi connectivity index (χ4n) is 4.52. The van der Waals surface area contributed by atoms with E-state index in [-0.39, 0.29) is 23.9 Å². The summed E-state index contributed by atoms with van der Waals surface area (Å²) in [6, 6.07) is 24.9. The molecule has 5 heteroatoms. The number of amides is 2. The Morgan fingerprint density at radius 2 is 1.64 bits per heavy atom. The maximum atomic E-state index is 13.6. The van der Waals surface area contributed by atoms with Crippen molar-refractivity contribution >= 4 is 29.3 Å². The van der Waals surface area contributed by atoms with Crippen LogP contribution in [0.4, 0.5) is 11.4 Å². The number of hydrogen-bond acceptors (Lipinski definition) is 3. The highest BCUT2D eigenvalue weighted by Gasteiger charge is 2.37. The summed E-state index contributed by atoms with van der Waals surface area (Å²) in [5.74, 6) is 0.665. The summed E-state index contributed by atoms with van der Waals surface area (Å²) in [4.78, 5) is 29.7. The van der Waals surface area contributed by atoms with E-state index in [2.05, 4.69) is 0 Å². The molecule has 0 spiro atoms. The second kappa shape index (κ2) is 9.74. The van der Waals surface area contributed by atoms with Gasteiger partial charge < -0.3 is 14.5 Å². The van der Waals surface area contributed by atoms with Gasteiger partial charge in [0.15, 0.2) is 0 Å². The molecule has 0 saturated carbocycles. The molecule has 0 unspecified atom stereocenters. The van der Waals surface area contributed by atoms with Crippen LogP contribution in [0.15, 0.2) is 84.9 Å². The summed E-state index contributed by atoms with van der Waals surface area (Å²) < 4.78 is 5.21. The molecule has 4 rings (SSSR count).